The molecule has 0 saturated carbocycles. The summed E-state index contributed by atoms with van der Waals surface area (Å²) in [5.74, 6) is 0. The summed E-state index contributed by atoms with van der Waals surface area (Å²) in [5, 5.41) is 0. The average Bonchev–Trinajstić information content (AvgIpc) is 2.44. The lowest BCUT2D eigenvalue weighted by atomic mass is 10.1. The summed E-state index contributed by atoms with van der Waals surface area (Å²) in [6.45, 7) is 8.53. The molecule has 2 unspecified atom stereocenters. The van der Waals surface area contributed by atoms with Crippen LogP contribution < -0.4 is 0 Å². The fourth-order valence-electron chi connectivity index (χ4n) is 2.18. The van der Waals surface area contributed by atoms with Gasteiger partial charge in [0.15, 0.2) is 0 Å². The molecule has 0 aromatic heterocycles. The van der Waals surface area contributed by atoms with Crippen LogP contribution in [0.25, 0.3) is 0 Å². The second-order valence-corrected chi connectivity index (χ2v) is 4.39. The SMILES string of the molecule is CC(C)N1CCC2(C1)CN2C. The van der Waals surface area contributed by atoms with Crippen molar-refractivity contribution in [3.8, 4) is 0 Å². The first-order valence-corrected chi connectivity index (χ1v) is 4.59. The monoisotopic (exact) mass is 154 g/mol. The Kier molecular flexibility index (Phi) is 1.52. The summed E-state index contributed by atoms with van der Waals surface area (Å²) < 4.78 is 0. The van der Waals surface area contributed by atoms with Crippen molar-refractivity contribution in [3.05, 3.63) is 0 Å². The Bertz CT molecular complexity index is 167. The molecule has 11 heavy (non-hydrogen) atoms. The highest BCUT2D eigenvalue weighted by Gasteiger charge is 2.53. The van der Waals surface area contributed by atoms with Crippen molar-refractivity contribution in [1.82, 2.24) is 9.80 Å². The van der Waals surface area contributed by atoms with Gasteiger partial charge in [-0.1, -0.05) is 0 Å². The second-order valence-electron chi connectivity index (χ2n) is 4.39. The molecule has 64 valence electrons. The summed E-state index contributed by atoms with van der Waals surface area (Å²) in [6.07, 6.45) is 1.39. The van der Waals surface area contributed by atoms with Crippen molar-refractivity contribution >= 4 is 0 Å². The van der Waals surface area contributed by atoms with Gasteiger partial charge in [0.25, 0.3) is 0 Å². The highest BCUT2D eigenvalue weighted by atomic mass is 15.4. The molecule has 2 fully saturated rings. The normalized spacial score (nSPS) is 44.2. The van der Waals surface area contributed by atoms with Crippen molar-refractivity contribution in [1.29, 1.82) is 0 Å². The summed E-state index contributed by atoms with van der Waals surface area (Å²) >= 11 is 0. The van der Waals surface area contributed by atoms with E-state index in [1.165, 1.54) is 26.1 Å². The van der Waals surface area contributed by atoms with Crippen LogP contribution in [0.5, 0.6) is 0 Å². The van der Waals surface area contributed by atoms with Gasteiger partial charge in [-0.2, -0.15) is 0 Å². The highest BCUT2D eigenvalue weighted by molar-refractivity contribution is 5.11. The van der Waals surface area contributed by atoms with Crippen LogP contribution in [0.1, 0.15) is 20.3 Å². The van der Waals surface area contributed by atoms with Crippen molar-refractivity contribution in [2.45, 2.75) is 31.8 Å². The van der Waals surface area contributed by atoms with Gasteiger partial charge in [0.05, 0.1) is 0 Å². The van der Waals surface area contributed by atoms with Crippen LogP contribution in [0.15, 0.2) is 0 Å². The number of nitrogens with zero attached hydrogens (tertiary/aromatic N) is 2. The van der Waals surface area contributed by atoms with E-state index in [0.717, 1.165) is 6.04 Å². The maximum atomic E-state index is 2.59. The fourth-order valence-corrected chi connectivity index (χ4v) is 2.18. The number of hydrogen-bond acceptors (Lipinski definition) is 2. The van der Waals surface area contributed by atoms with E-state index in [9.17, 15) is 0 Å². The van der Waals surface area contributed by atoms with Crippen LogP contribution in [-0.2, 0) is 0 Å². The van der Waals surface area contributed by atoms with Gasteiger partial charge in [-0.15, -0.1) is 0 Å². The van der Waals surface area contributed by atoms with E-state index in [1.807, 2.05) is 0 Å². The van der Waals surface area contributed by atoms with Gasteiger partial charge >= 0.3 is 0 Å². The zero-order valence-corrected chi connectivity index (χ0v) is 7.80. The molecule has 2 aliphatic rings. The van der Waals surface area contributed by atoms with E-state index in [1.54, 1.807) is 0 Å². The first-order chi connectivity index (χ1) is 5.14. The fraction of sp³-hybridized carbons (Fsp3) is 1.00. The number of hydrogen-bond donors (Lipinski definition) is 0. The van der Waals surface area contributed by atoms with Gasteiger partial charge in [0.1, 0.15) is 0 Å². The Labute approximate surface area is 69.2 Å². The molecule has 0 radical (unpaired) electrons. The van der Waals surface area contributed by atoms with Gasteiger partial charge in [-0.25, -0.2) is 0 Å². The molecule has 0 aromatic rings. The summed E-state index contributed by atoms with van der Waals surface area (Å²) in [4.78, 5) is 5.07. The van der Waals surface area contributed by atoms with Crippen molar-refractivity contribution in [2.75, 3.05) is 26.7 Å². The molecule has 2 aliphatic heterocycles. The van der Waals surface area contributed by atoms with Crippen LogP contribution in [0.4, 0.5) is 0 Å². The number of rotatable bonds is 1. The van der Waals surface area contributed by atoms with Crippen LogP contribution in [0.3, 0.4) is 0 Å². The smallest absolute Gasteiger partial charge is 0.0473 e. The molecular formula is C9H18N2. The molecule has 1 spiro atoms. The third-order valence-electron chi connectivity index (χ3n) is 3.33. The second kappa shape index (κ2) is 2.20. The molecule has 0 amide bonds. The molecular weight excluding hydrogens is 136 g/mol. The minimum Gasteiger partial charge on any atom is -0.299 e. The van der Waals surface area contributed by atoms with E-state index in [-0.39, 0.29) is 0 Å². The van der Waals surface area contributed by atoms with E-state index in [2.05, 4.69) is 30.7 Å². The van der Waals surface area contributed by atoms with Gasteiger partial charge in [-0.05, 0) is 27.3 Å². The van der Waals surface area contributed by atoms with E-state index in [4.69, 9.17) is 0 Å². The Morgan fingerprint density at radius 1 is 1.27 bits per heavy atom. The van der Waals surface area contributed by atoms with Gasteiger partial charge in [0, 0.05) is 31.2 Å². The lowest BCUT2D eigenvalue weighted by Gasteiger charge is -2.19. The van der Waals surface area contributed by atoms with Crippen molar-refractivity contribution in [3.63, 3.8) is 0 Å². The predicted molar refractivity (Wildman–Crippen MR) is 46.7 cm³/mol. The quantitative estimate of drug-likeness (QED) is 0.515. The lowest BCUT2D eigenvalue weighted by Crippen LogP contribution is -2.31. The molecule has 0 bridgehead atoms. The third kappa shape index (κ3) is 1.09. The maximum absolute atomic E-state index is 2.59. The number of likely N-dealkylation sites (N-methyl/N-ethyl adjacent to an activating group) is 1. The summed E-state index contributed by atoms with van der Waals surface area (Å²) in [6, 6.07) is 0.739. The molecule has 2 rings (SSSR count). The van der Waals surface area contributed by atoms with E-state index < -0.39 is 0 Å². The standard InChI is InChI=1S/C9H18N2/c1-8(2)11-5-4-9(7-11)6-10(9)3/h8H,4-7H2,1-3H3. The van der Waals surface area contributed by atoms with Gasteiger partial charge in [0.2, 0.25) is 0 Å². The first-order valence-electron chi connectivity index (χ1n) is 4.59. The Hall–Kier alpha value is -0.0800. The Morgan fingerprint density at radius 3 is 2.18 bits per heavy atom. The zero-order chi connectivity index (χ0) is 8.06. The molecule has 0 N–H and O–H groups in total. The topological polar surface area (TPSA) is 6.25 Å². The summed E-state index contributed by atoms with van der Waals surface area (Å²) in [7, 11) is 2.24. The highest BCUT2D eigenvalue weighted by Crippen LogP contribution is 2.39. The van der Waals surface area contributed by atoms with E-state index in [0.29, 0.717) is 5.54 Å². The van der Waals surface area contributed by atoms with Crippen LogP contribution in [0.2, 0.25) is 0 Å². The van der Waals surface area contributed by atoms with E-state index >= 15 is 0 Å². The third-order valence-corrected chi connectivity index (χ3v) is 3.33. The zero-order valence-electron chi connectivity index (χ0n) is 7.80. The predicted octanol–water partition coefficient (Wildman–Crippen LogP) is 0.785. The molecule has 2 saturated heterocycles. The lowest BCUT2D eigenvalue weighted by molar-refractivity contribution is 0.264. The number of likely N-dealkylation sites (tertiary alicyclic amines) is 1. The molecule has 2 heteroatoms. The Balaban J connectivity index is 1.95. The van der Waals surface area contributed by atoms with Crippen LogP contribution in [-0.4, -0.2) is 48.1 Å². The molecule has 0 aliphatic carbocycles. The van der Waals surface area contributed by atoms with Crippen molar-refractivity contribution in [2.24, 2.45) is 0 Å². The minimum absolute atomic E-state index is 0.615. The maximum Gasteiger partial charge on any atom is 0.0473 e. The molecule has 0 aromatic carbocycles. The van der Waals surface area contributed by atoms with Crippen LogP contribution >= 0.6 is 0 Å². The Morgan fingerprint density at radius 2 is 1.91 bits per heavy atom. The van der Waals surface area contributed by atoms with Crippen molar-refractivity contribution < 1.29 is 0 Å². The van der Waals surface area contributed by atoms with Gasteiger partial charge in [-0.3, -0.25) is 9.80 Å². The molecule has 2 nitrogen and oxygen atoms in total. The van der Waals surface area contributed by atoms with Crippen LogP contribution in [0, 0.1) is 0 Å². The summed E-state index contributed by atoms with van der Waals surface area (Å²) in [5.41, 5.74) is 0.615. The molecule has 2 heterocycles. The average molecular weight is 154 g/mol. The minimum atomic E-state index is 0.615. The van der Waals surface area contributed by atoms with Gasteiger partial charge < -0.3 is 0 Å². The largest absolute Gasteiger partial charge is 0.299 e. The molecule has 2 atom stereocenters. The first kappa shape index (κ1) is 7.56.